The summed E-state index contributed by atoms with van der Waals surface area (Å²) in [6.45, 7) is 4.71. The Balaban J connectivity index is 1.10. The minimum atomic E-state index is -1.29. The van der Waals surface area contributed by atoms with Crippen molar-refractivity contribution in [1.82, 2.24) is 0 Å². The van der Waals surface area contributed by atoms with Crippen molar-refractivity contribution in [3.05, 3.63) is 82.4 Å². The van der Waals surface area contributed by atoms with Crippen LogP contribution < -0.4 is 9.47 Å². The van der Waals surface area contributed by atoms with E-state index in [1.807, 2.05) is 6.92 Å². The molecule has 2 aliphatic carbocycles. The molecule has 0 unspecified atom stereocenters. The molecule has 250 valence electrons. The van der Waals surface area contributed by atoms with Crippen LogP contribution in [-0.2, 0) is 4.74 Å². The van der Waals surface area contributed by atoms with E-state index in [9.17, 15) is 17.6 Å². The van der Waals surface area contributed by atoms with Gasteiger partial charge in [0.05, 0.1) is 19.3 Å². The van der Waals surface area contributed by atoms with Crippen LogP contribution in [-0.4, -0.2) is 25.9 Å². The van der Waals surface area contributed by atoms with Gasteiger partial charge in [0.1, 0.15) is 0 Å². The van der Waals surface area contributed by atoms with Crippen LogP contribution in [0.2, 0.25) is 0 Å². The van der Waals surface area contributed by atoms with Crippen molar-refractivity contribution < 1.29 is 40.6 Å². The van der Waals surface area contributed by atoms with Gasteiger partial charge in [0.2, 0.25) is 11.6 Å². The number of rotatable bonds is 12. The number of hydrogen-bond donors (Lipinski definition) is 0. The van der Waals surface area contributed by atoms with Crippen LogP contribution in [0, 0.1) is 40.8 Å². The highest BCUT2D eigenvalue weighted by Gasteiger charge is 2.30. The molecule has 46 heavy (non-hydrogen) atoms. The van der Waals surface area contributed by atoms with Gasteiger partial charge in [0.15, 0.2) is 34.8 Å². The molecule has 0 aliphatic heterocycles. The molecule has 0 bridgehead atoms. The maximum atomic E-state index is 15.2. The van der Waals surface area contributed by atoms with Gasteiger partial charge in [0, 0.05) is 17.7 Å². The minimum Gasteiger partial charge on any atom is -0.491 e. The number of benzene rings is 3. The molecule has 0 saturated heterocycles. The summed E-state index contributed by atoms with van der Waals surface area (Å²) in [5, 5.41) is 0. The van der Waals surface area contributed by atoms with Crippen molar-refractivity contribution >= 4 is 0 Å². The molecule has 3 aromatic carbocycles. The molecule has 2 fully saturated rings. The Morgan fingerprint density at radius 2 is 1.07 bits per heavy atom. The third-order valence-electron chi connectivity index (χ3n) is 9.55. The lowest BCUT2D eigenvalue weighted by molar-refractivity contribution is -0.00294. The van der Waals surface area contributed by atoms with Gasteiger partial charge in [-0.3, -0.25) is 0 Å². The number of unbranched alkanes of at least 4 members (excludes halogenated alkanes) is 1. The first-order chi connectivity index (χ1) is 22.2. The molecule has 0 amide bonds. The summed E-state index contributed by atoms with van der Waals surface area (Å²) < 4.78 is 106. The van der Waals surface area contributed by atoms with Gasteiger partial charge in [-0.1, -0.05) is 31.5 Å². The van der Waals surface area contributed by atoms with Crippen molar-refractivity contribution in [2.24, 2.45) is 5.92 Å². The third-order valence-corrected chi connectivity index (χ3v) is 9.55. The van der Waals surface area contributed by atoms with E-state index < -0.39 is 34.9 Å². The summed E-state index contributed by atoms with van der Waals surface area (Å²) >= 11 is 0. The summed E-state index contributed by atoms with van der Waals surface area (Å²) in [4.78, 5) is 0. The first-order valence-electron chi connectivity index (χ1n) is 16.5. The second-order valence-electron chi connectivity index (χ2n) is 12.5. The lowest BCUT2D eigenvalue weighted by Crippen LogP contribution is -2.26. The first-order valence-corrected chi connectivity index (χ1v) is 16.5. The Morgan fingerprint density at radius 1 is 0.565 bits per heavy atom. The van der Waals surface area contributed by atoms with Crippen LogP contribution >= 0.6 is 0 Å². The predicted molar refractivity (Wildman–Crippen MR) is 165 cm³/mol. The second-order valence-corrected chi connectivity index (χ2v) is 12.5. The zero-order valence-electron chi connectivity index (χ0n) is 26.5. The molecule has 3 nitrogen and oxygen atoms in total. The molecule has 0 atom stereocenters. The number of hydrogen-bond acceptors (Lipinski definition) is 3. The van der Waals surface area contributed by atoms with Gasteiger partial charge in [-0.2, -0.15) is 8.78 Å². The molecule has 5 rings (SSSR count). The van der Waals surface area contributed by atoms with Gasteiger partial charge in [-0.25, -0.2) is 17.6 Å². The Kier molecular flexibility index (Phi) is 11.6. The van der Waals surface area contributed by atoms with Crippen LogP contribution in [0.1, 0.15) is 101 Å². The number of ether oxygens (including phenoxy) is 3. The van der Waals surface area contributed by atoms with E-state index in [4.69, 9.17) is 14.2 Å². The fraction of sp³-hybridized carbons (Fsp3) is 0.514. The zero-order valence-corrected chi connectivity index (χ0v) is 26.5. The highest BCUT2D eigenvalue weighted by atomic mass is 19.2. The van der Waals surface area contributed by atoms with Crippen LogP contribution in [0.5, 0.6) is 11.5 Å². The maximum absolute atomic E-state index is 15.2. The topological polar surface area (TPSA) is 27.7 Å². The summed E-state index contributed by atoms with van der Waals surface area (Å²) in [5.74, 6) is -6.73. The summed E-state index contributed by atoms with van der Waals surface area (Å²) in [6.07, 6.45) is 7.52. The van der Waals surface area contributed by atoms with Crippen molar-refractivity contribution in [2.45, 2.75) is 96.0 Å². The minimum absolute atomic E-state index is 0.00822. The largest absolute Gasteiger partial charge is 0.491 e. The molecule has 9 heteroatoms. The fourth-order valence-electron chi connectivity index (χ4n) is 6.85. The Hall–Kier alpha value is -3.20. The molecular weight excluding hydrogens is 606 g/mol. The third kappa shape index (κ3) is 7.50. The molecule has 2 saturated carbocycles. The van der Waals surface area contributed by atoms with Gasteiger partial charge < -0.3 is 14.2 Å². The molecule has 2 aliphatic rings. The lowest BCUT2D eigenvalue weighted by atomic mass is 9.78. The Bertz CT molecular complexity index is 1480. The van der Waals surface area contributed by atoms with Crippen molar-refractivity contribution in [3.63, 3.8) is 0 Å². The van der Waals surface area contributed by atoms with Crippen molar-refractivity contribution in [1.29, 1.82) is 0 Å². The van der Waals surface area contributed by atoms with Gasteiger partial charge in [-0.05, 0) is 112 Å². The Morgan fingerprint density at radius 3 is 1.70 bits per heavy atom. The smallest absolute Gasteiger partial charge is 0.201 e. The monoisotopic (exact) mass is 648 g/mol. The van der Waals surface area contributed by atoms with Crippen LogP contribution in [0.25, 0.3) is 11.1 Å². The zero-order chi connectivity index (χ0) is 32.8. The first kappa shape index (κ1) is 34.1. The van der Waals surface area contributed by atoms with Crippen LogP contribution in [0.15, 0.2) is 36.4 Å². The van der Waals surface area contributed by atoms with E-state index in [1.165, 1.54) is 30.3 Å². The Labute approximate surface area is 267 Å². The van der Waals surface area contributed by atoms with Crippen molar-refractivity contribution in [2.75, 3.05) is 19.8 Å². The highest BCUT2D eigenvalue weighted by Crippen LogP contribution is 2.41. The van der Waals surface area contributed by atoms with Gasteiger partial charge in [-0.15, -0.1) is 0 Å². The van der Waals surface area contributed by atoms with E-state index in [-0.39, 0.29) is 52.7 Å². The van der Waals surface area contributed by atoms with E-state index in [2.05, 4.69) is 0 Å². The lowest BCUT2D eigenvalue weighted by Gasteiger charge is -2.33. The molecule has 0 heterocycles. The van der Waals surface area contributed by atoms with Crippen molar-refractivity contribution in [3.8, 4) is 22.6 Å². The maximum Gasteiger partial charge on any atom is 0.201 e. The quantitative estimate of drug-likeness (QED) is 0.145. The summed E-state index contributed by atoms with van der Waals surface area (Å²) in [7, 11) is 0. The molecule has 3 aromatic rings. The normalized spacial score (nSPS) is 21.7. The molecular formula is C37H42F6O3. The van der Waals surface area contributed by atoms with Crippen LogP contribution in [0.3, 0.4) is 0 Å². The van der Waals surface area contributed by atoms with E-state index in [0.717, 1.165) is 38.5 Å². The summed E-state index contributed by atoms with van der Waals surface area (Å²) in [6, 6.07) is 8.36. The highest BCUT2D eigenvalue weighted by molar-refractivity contribution is 5.66. The van der Waals surface area contributed by atoms with Crippen LogP contribution in [0.4, 0.5) is 26.3 Å². The average molecular weight is 649 g/mol. The molecule has 0 radical (unpaired) electrons. The standard InChI is InChI=1S/C37H42F6O3/c1-3-5-20-45-31-18-16-27(33(39)37(31)43)23-8-6-22(7-9-23)21-46-25-12-10-24(11-13-25)26-14-15-28(34(40)32(26)38)29-17-19-30(44-4-2)36(42)35(29)41/h14-19,22-25H,3-13,20-21H2,1-2H3. The number of halogens is 6. The van der Waals surface area contributed by atoms with E-state index in [0.29, 0.717) is 50.4 Å². The molecule has 0 aromatic heterocycles. The second kappa shape index (κ2) is 15.6. The fourth-order valence-corrected chi connectivity index (χ4v) is 6.85. The summed E-state index contributed by atoms with van der Waals surface area (Å²) in [5.41, 5.74) is -0.0630. The average Bonchev–Trinajstić information content (AvgIpc) is 3.07. The van der Waals surface area contributed by atoms with Gasteiger partial charge in [0.25, 0.3) is 0 Å². The van der Waals surface area contributed by atoms with E-state index >= 15 is 8.78 Å². The predicted octanol–water partition coefficient (Wildman–Crippen LogP) is 10.8. The molecule has 0 N–H and O–H groups in total. The molecule has 0 spiro atoms. The SMILES string of the molecule is CCCCOc1ccc(C2CCC(COC3CCC(c4ccc(-c5ccc(OCC)c(F)c5F)c(F)c4F)CC3)CC2)c(F)c1F. The van der Waals surface area contributed by atoms with Gasteiger partial charge >= 0.3 is 0 Å². The van der Waals surface area contributed by atoms with E-state index in [1.54, 1.807) is 13.0 Å².